The zero-order chi connectivity index (χ0) is 18.4. The lowest BCUT2D eigenvalue weighted by Gasteiger charge is -2.38. The third-order valence-electron chi connectivity index (χ3n) is 3.97. The SMILES string of the molecule is CCOC(=O)C1CCN(C(=O)OC(C)(C)C)CC1C1=CI=C=CC=C1. The molecule has 1 fully saturated rings. The number of allylic oxidation sites excluding steroid dienone is 3. The van der Waals surface area contributed by atoms with Crippen LogP contribution in [-0.4, -0.2) is 45.9 Å². The maximum atomic E-state index is 12.5. The average Bonchev–Trinajstić information content (AvgIpc) is 2.82. The molecule has 0 aromatic carbocycles. The standard InChI is InChI=1S/C19H26INO4/c1-5-24-17(22)15-9-11-21(18(23)25-19(2,3)4)13-16(15)14-8-6-7-10-20-12-14/h6-8,12,15-16H,5,9,11,13H2,1-4H3. The molecule has 2 unspecified atom stereocenters. The Bertz CT molecular complexity index is 638. The smallest absolute Gasteiger partial charge is 0.410 e. The summed E-state index contributed by atoms with van der Waals surface area (Å²) in [6.45, 7) is 8.74. The number of amides is 1. The van der Waals surface area contributed by atoms with E-state index in [9.17, 15) is 9.59 Å². The molecule has 25 heavy (non-hydrogen) atoms. The Morgan fingerprint density at radius 3 is 2.84 bits per heavy atom. The number of hydrogen-bond acceptors (Lipinski definition) is 4. The van der Waals surface area contributed by atoms with Crippen LogP contribution >= 0.6 is 20.7 Å². The van der Waals surface area contributed by atoms with Gasteiger partial charge in [-0.15, -0.1) is 0 Å². The Morgan fingerprint density at radius 1 is 1.40 bits per heavy atom. The summed E-state index contributed by atoms with van der Waals surface area (Å²) < 4.78 is 16.2. The predicted octanol–water partition coefficient (Wildman–Crippen LogP) is 3.80. The number of likely N-dealkylation sites (tertiary alicyclic amines) is 1. The molecular formula is C19H26INO4. The minimum atomic E-state index is -0.531. The second kappa shape index (κ2) is 8.81. The molecule has 0 radical (unpaired) electrons. The van der Waals surface area contributed by atoms with Gasteiger partial charge in [0, 0.05) is 19.0 Å². The van der Waals surface area contributed by atoms with E-state index < -0.39 is 5.60 Å². The van der Waals surface area contributed by atoms with Crippen molar-refractivity contribution in [1.82, 2.24) is 4.90 Å². The fourth-order valence-corrected chi connectivity index (χ4v) is 4.50. The molecule has 2 aliphatic heterocycles. The number of carbonyl (C=O) groups excluding carboxylic acids is 2. The molecule has 6 heteroatoms. The molecule has 0 saturated carbocycles. The molecule has 2 atom stereocenters. The zero-order valence-electron chi connectivity index (χ0n) is 15.3. The van der Waals surface area contributed by atoms with Crippen molar-refractivity contribution < 1.29 is 19.1 Å². The van der Waals surface area contributed by atoms with E-state index in [0.29, 0.717) is 26.1 Å². The quantitative estimate of drug-likeness (QED) is 0.476. The fourth-order valence-electron chi connectivity index (χ4n) is 2.88. The summed E-state index contributed by atoms with van der Waals surface area (Å²) in [6, 6.07) is 0. The summed E-state index contributed by atoms with van der Waals surface area (Å²) in [5, 5.41) is 0. The highest BCUT2D eigenvalue weighted by Crippen LogP contribution is 2.33. The van der Waals surface area contributed by atoms with Crippen LogP contribution in [0.1, 0.15) is 34.1 Å². The van der Waals surface area contributed by atoms with E-state index in [1.54, 1.807) is 4.90 Å². The van der Waals surface area contributed by atoms with Crippen molar-refractivity contribution in [3.05, 3.63) is 27.9 Å². The van der Waals surface area contributed by atoms with Crippen LogP contribution in [0.25, 0.3) is 0 Å². The lowest BCUT2D eigenvalue weighted by Crippen LogP contribution is -2.48. The van der Waals surface area contributed by atoms with Crippen LogP contribution in [0, 0.1) is 11.8 Å². The minimum absolute atomic E-state index is 0.0652. The van der Waals surface area contributed by atoms with Crippen LogP contribution in [0.2, 0.25) is 0 Å². The summed E-state index contributed by atoms with van der Waals surface area (Å²) in [5.74, 6) is -0.466. The van der Waals surface area contributed by atoms with Crippen molar-refractivity contribution in [3.8, 4) is 0 Å². The summed E-state index contributed by atoms with van der Waals surface area (Å²) in [4.78, 5) is 26.6. The maximum Gasteiger partial charge on any atom is 0.410 e. The van der Waals surface area contributed by atoms with Gasteiger partial charge >= 0.3 is 12.1 Å². The van der Waals surface area contributed by atoms with Crippen LogP contribution < -0.4 is 0 Å². The largest absolute Gasteiger partial charge is 0.466 e. The number of hydrogen-bond donors (Lipinski definition) is 0. The van der Waals surface area contributed by atoms with Gasteiger partial charge in [0.05, 0.1) is 12.5 Å². The molecule has 0 aromatic heterocycles. The second-order valence-corrected chi connectivity index (χ2v) is 8.90. The summed E-state index contributed by atoms with van der Waals surface area (Å²) in [6.07, 6.45) is 6.16. The van der Waals surface area contributed by atoms with E-state index in [4.69, 9.17) is 9.47 Å². The molecule has 2 heterocycles. The summed E-state index contributed by atoms with van der Waals surface area (Å²) >= 11 is -0.297. The first-order valence-electron chi connectivity index (χ1n) is 8.54. The maximum absolute atomic E-state index is 12.5. The molecule has 1 saturated heterocycles. The molecular weight excluding hydrogens is 433 g/mol. The van der Waals surface area contributed by atoms with Crippen molar-refractivity contribution in [3.63, 3.8) is 0 Å². The Labute approximate surface area is 159 Å². The third kappa shape index (κ3) is 5.82. The van der Waals surface area contributed by atoms with Gasteiger partial charge in [-0.3, -0.25) is 4.79 Å². The van der Waals surface area contributed by atoms with Crippen LogP contribution in [0.15, 0.2) is 27.9 Å². The van der Waals surface area contributed by atoms with Gasteiger partial charge in [0.15, 0.2) is 0 Å². The molecule has 1 amide bonds. The van der Waals surface area contributed by atoms with Gasteiger partial charge in [-0.25, -0.2) is 4.79 Å². The Balaban J connectivity index is 2.20. The lowest BCUT2D eigenvalue weighted by molar-refractivity contribution is -0.151. The van der Waals surface area contributed by atoms with E-state index in [-0.39, 0.29) is 44.6 Å². The number of rotatable bonds is 3. The van der Waals surface area contributed by atoms with Gasteiger partial charge in [0.1, 0.15) is 5.60 Å². The molecule has 2 rings (SSSR count). The van der Waals surface area contributed by atoms with Gasteiger partial charge < -0.3 is 14.4 Å². The van der Waals surface area contributed by atoms with E-state index in [2.05, 4.69) is 7.75 Å². The van der Waals surface area contributed by atoms with Gasteiger partial charge in [-0.2, -0.15) is 0 Å². The van der Waals surface area contributed by atoms with Gasteiger partial charge in [-0.1, -0.05) is 15.8 Å². The van der Waals surface area contributed by atoms with Crippen molar-refractivity contribution in [2.75, 3.05) is 19.7 Å². The fraction of sp³-hybridized carbons (Fsp3) is 0.579. The first-order valence-corrected chi connectivity index (χ1v) is 10.9. The third-order valence-corrected chi connectivity index (χ3v) is 5.72. The molecule has 5 nitrogen and oxygen atoms in total. The van der Waals surface area contributed by atoms with Gasteiger partial charge in [0.2, 0.25) is 0 Å². The normalized spacial score (nSPS) is 23.4. The van der Waals surface area contributed by atoms with Gasteiger partial charge in [-0.05, 0) is 70.6 Å². The van der Waals surface area contributed by atoms with E-state index in [0.717, 1.165) is 5.57 Å². The van der Waals surface area contributed by atoms with Crippen molar-refractivity contribution >= 4 is 36.5 Å². The monoisotopic (exact) mass is 459 g/mol. The Morgan fingerprint density at radius 2 is 2.16 bits per heavy atom. The summed E-state index contributed by atoms with van der Waals surface area (Å²) in [7, 11) is 0. The Kier molecular flexibility index (Phi) is 7.02. The van der Waals surface area contributed by atoms with E-state index in [1.807, 2.05) is 45.9 Å². The van der Waals surface area contributed by atoms with Crippen LogP contribution in [0.4, 0.5) is 4.79 Å². The number of esters is 1. The molecule has 0 bridgehead atoms. The zero-order valence-corrected chi connectivity index (χ0v) is 17.4. The van der Waals surface area contributed by atoms with E-state index >= 15 is 0 Å². The average molecular weight is 459 g/mol. The van der Waals surface area contributed by atoms with Crippen LogP contribution in [0.3, 0.4) is 0 Å². The Hall–Kier alpha value is -1.40. The molecule has 0 N–H and O–H groups in total. The second-order valence-electron chi connectivity index (χ2n) is 7.03. The minimum Gasteiger partial charge on any atom is -0.466 e. The predicted molar refractivity (Wildman–Crippen MR) is 107 cm³/mol. The highest BCUT2D eigenvalue weighted by Gasteiger charge is 2.39. The van der Waals surface area contributed by atoms with Crippen LogP contribution in [0.5, 0.6) is 0 Å². The number of nitrogens with zero attached hydrogens (tertiary/aromatic N) is 1. The highest BCUT2D eigenvalue weighted by atomic mass is 127. The molecule has 138 valence electrons. The number of carbonyl (C=O) groups is 2. The molecule has 2 aliphatic rings. The number of halogens is 1. The van der Waals surface area contributed by atoms with Gasteiger partial charge in [0.25, 0.3) is 0 Å². The van der Waals surface area contributed by atoms with Crippen molar-refractivity contribution in [2.45, 2.75) is 39.7 Å². The first-order chi connectivity index (χ1) is 11.8. The first kappa shape index (κ1) is 19.9. The topological polar surface area (TPSA) is 55.8 Å². The lowest BCUT2D eigenvalue weighted by atomic mass is 9.80. The number of ether oxygens (including phenoxy) is 2. The summed E-state index contributed by atoms with van der Waals surface area (Å²) in [5.41, 5.74) is 0.566. The highest BCUT2D eigenvalue weighted by molar-refractivity contribution is 14.2. The molecule has 0 spiro atoms. The number of piperidine rings is 1. The van der Waals surface area contributed by atoms with E-state index in [1.165, 1.54) is 0 Å². The van der Waals surface area contributed by atoms with Crippen LogP contribution in [-0.2, 0) is 14.3 Å². The van der Waals surface area contributed by atoms with Crippen molar-refractivity contribution in [1.29, 1.82) is 0 Å². The molecule has 0 aromatic rings. The van der Waals surface area contributed by atoms with Crippen molar-refractivity contribution in [2.24, 2.45) is 11.8 Å². The molecule has 0 aliphatic carbocycles.